The molecule has 4 nitrogen and oxygen atoms in total. The summed E-state index contributed by atoms with van der Waals surface area (Å²) in [5.74, 6) is 0. The van der Waals surface area contributed by atoms with E-state index in [4.69, 9.17) is 10.2 Å². The van der Waals surface area contributed by atoms with E-state index in [1.165, 1.54) is 0 Å². The summed E-state index contributed by atoms with van der Waals surface area (Å²) >= 11 is -2.26. The van der Waals surface area contributed by atoms with E-state index in [2.05, 4.69) is 0 Å². The molecular weight excluding hydrogens is 161 g/mol. The predicted molar refractivity (Wildman–Crippen MR) is 24.6 cm³/mol. The van der Waals surface area contributed by atoms with Gasteiger partial charge in [0.1, 0.15) is 0 Å². The van der Waals surface area contributed by atoms with Crippen LogP contribution in [-0.2, 0) is 0 Å². The zero-order valence-electron chi connectivity index (χ0n) is 3.42. The minimum atomic E-state index is -2.26. The average Bonchev–Trinajstić information content (AvgIpc) is 1.27. The molecule has 0 rings (SSSR count). The molecule has 2 N–H and O–H groups in total. The summed E-state index contributed by atoms with van der Waals surface area (Å²) in [7, 11) is 0. The van der Waals surface area contributed by atoms with Crippen LogP contribution in [0.1, 0.15) is 0 Å². The Morgan fingerprint density at radius 1 is 1.14 bits per heavy atom. The molecule has 0 aromatic rings. The van der Waals surface area contributed by atoms with Crippen LogP contribution >= 0.6 is 0 Å². The summed E-state index contributed by atoms with van der Waals surface area (Å²) in [6.07, 6.45) is 0. The van der Waals surface area contributed by atoms with Crippen LogP contribution in [0, 0.1) is 0 Å². The predicted octanol–water partition coefficient (Wildman–Crippen LogP) is -0.489. The standard InChI is InChI=1S/C2H4GeO4/c4-1(5)3-2(6)7/h3H2,(H,4,5)(H,6,7). The minimum absolute atomic E-state index is 1.12. The van der Waals surface area contributed by atoms with E-state index in [0.29, 0.717) is 0 Å². The van der Waals surface area contributed by atoms with Crippen molar-refractivity contribution in [2.75, 3.05) is 0 Å². The van der Waals surface area contributed by atoms with Gasteiger partial charge in [0, 0.05) is 0 Å². The maximum atomic E-state index is 9.51. The molecule has 0 radical (unpaired) electrons. The average molecular weight is 165 g/mol. The summed E-state index contributed by atoms with van der Waals surface area (Å²) in [5.41, 5.74) is 0. The first-order valence-electron chi connectivity index (χ1n) is 1.56. The van der Waals surface area contributed by atoms with E-state index in [-0.39, 0.29) is 0 Å². The van der Waals surface area contributed by atoms with Crippen molar-refractivity contribution in [1.29, 1.82) is 0 Å². The molecule has 0 aliphatic carbocycles. The van der Waals surface area contributed by atoms with Gasteiger partial charge in [-0.15, -0.1) is 0 Å². The Balaban J connectivity index is 3.32. The van der Waals surface area contributed by atoms with Crippen LogP contribution in [0.5, 0.6) is 0 Å². The van der Waals surface area contributed by atoms with Gasteiger partial charge in [-0.25, -0.2) is 0 Å². The van der Waals surface area contributed by atoms with Gasteiger partial charge in [0.25, 0.3) is 0 Å². The van der Waals surface area contributed by atoms with Gasteiger partial charge in [-0.1, -0.05) is 0 Å². The summed E-state index contributed by atoms with van der Waals surface area (Å²) in [6.45, 7) is 0. The van der Waals surface area contributed by atoms with Gasteiger partial charge >= 0.3 is 44.8 Å². The Kier molecular flexibility index (Phi) is 2.43. The third kappa shape index (κ3) is 5.48. The molecule has 0 unspecified atom stereocenters. The number of carboxylic acid groups (broad SMARTS) is 2. The molecule has 0 aliphatic rings. The van der Waals surface area contributed by atoms with Crippen molar-refractivity contribution in [3.63, 3.8) is 0 Å². The van der Waals surface area contributed by atoms with Gasteiger partial charge in [0.15, 0.2) is 0 Å². The van der Waals surface area contributed by atoms with Crippen molar-refractivity contribution in [2.24, 2.45) is 0 Å². The fraction of sp³-hybridized carbons (Fsp3) is 0. The van der Waals surface area contributed by atoms with Crippen molar-refractivity contribution < 1.29 is 19.8 Å². The van der Waals surface area contributed by atoms with E-state index >= 15 is 0 Å². The number of hydrogen-bond donors (Lipinski definition) is 2. The first-order chi connectivity index (χ1) is 3.13. The van der Waals surface area contributed by atoms with E-state index in [9.17, 15) is 9.59 Å². The molecule has 0 atom stereocenters. The van der Waals surface area contributed by atoms with Crippen molar-refractivity contribution in [3.8, 4) is 0 Å². The summed E-state index contributed by atoms with van der Waals surface area (Å²) in [4.78, 5) is 16.8. The Hall–Kier alpha value is -0.517. The topological polar surface area (TPSA) is 74.6 Å². The Bertz CT molecular complexity index is 85.9. The molecule has 0 aromatic heterocycles. The maximum absolute atomic E-state index is 9.51. The second-order valence-corrected chi connectivity index (χ2v) is 4.24. The SMILES string of the molecule is O=[C](O)[GeH2][C](=O)O. The molecule has 0 heterocycles. The van der Waals surface area contributed by atoms with E-state index in [1.54, 1.807) is 0 Å². The van der Waals surface area contributed by atoms with Crippen LogP contribution in [0.4, 0.5) is 9.59 Å². The molecule has 7 heavy (non-hydrogen) atoms. The second kappa shape index (κ2) is 2.62. The molecule has 0 fully saturated rings. The third-order valence-electron chi connectivity index (χ3n) is 0.302. The number of hydrogen-bond acceptors (Lipinski definition) is 2. The van der Waals surface area contributed by atoms with Crippen LogP contribution in [0.2, 0.25) is 0 Å². The molecule has 0 spiro atoms. The second-order valence-electron chi connectivity index (χ2n) is 0.964. The van der Waals surface area contributed by atoms with E-state index < -0.39 is 25.0 Å². The quantitative estimate of drug-likeness (QED) is 0.541. The molecule has 0 aromatic carbocycles. The van der Waals surface area contributed by atoms with Crippen molar-refractivity contribution in [2.45, 2.75) is 0 Å². The summed E-state index contributed by atoms with van der Waals surface area (Å²) in [5, 5.41) is 15.6. The van der Waals surface area contributed by atoms with E-state index in [1.807, 2.05) is 0 Å². The van der Waals surface area contributed by atoms with Crippen LogP contribution in [0.3, 0.4) is 0 Å². The molecular formula is C2H4GeO4. The molecule has 40 valence electrons. The van der Waals surface area contributed by atoms with Crippen molar-refractivity contribution in [3.05, 3.63) is 0 Å². The van der Waals surface area contributed by atoms with Crippen LogP contribution < -0.4 is 0 Å². The molecule has 0 amide bonds. The number of rotatable bonds is 2. The molecule has 5 heteroatoms. The zero-order chi connectivity index (χ0) is 5.86. The van der Waals surface area contributed by atoms with Crippen molar-refractivity contribution >= 4 is 25.0 Å². The normalized spacial score (nSPS) is 8.00. The fourth-order valence-electron chi connectivity index (χ4n) is 0.129. The van der Waals surface area contributed by atoms with E-state index in [0.717, 1.165) is 0 Å². The molecule has 0 saturated heterocycles. The van der Waals surface area contributed by atoms with Crippen molar-refractivity contribution in [1.82, 2.24) is 0 Å². The van der Waals surface area contributed by atoms with Gasteiger partial charge in [-0.05, 0) is 0 Å². The monoisotopic (exact) mass is 166 g/mol. The van der Waals surface area contributed by atoms with Gasteiger partial charge in [-0.2, -0.15) is 0 Å². The van der Waals surface area contributed by atoms with Gasteiger partial charge in [-0.3, -0.25) is 0 Å². The first kappa shape index (κ1) is 6.48. The number of carbonyl (C=O) groups is 2. The first-order valence-corrected chi connectivity index (χ1v) is 4.53. The van der Waals surface area contributed by atoms with Crippen LogP contribution in [0.25, 0.3) is 0 Å². The van der Waals surface area contributed by atoms with Crippen LogP contribution in [-0.4, -0.2) is 35.2 Å². The third-order valence-corrected chi connectivity index (χ3v) is 1.57. The Morgan fingerprint density at radius 3 is 1.43 bits per heavy atom. The molecule has 0 bridgehead atoms. The Labute approximate surface area is 45.6 Å². The molecule has 0 saturated carbocycles. The van der Waals surface area contributed by atoms with Gasteiger partial charge in [0.2, 0.25) is 0 Å². The zero-order valence-corrected chi connectivity index (χ0v) is 6.39. The summed E-state index contributed by atoms with van der Waals surface area (Å²) < 4.78 is 0. The summed E-state index contributed by atoms with van der Waals surface area (Å²) in [6, 6.07) is 0. The Morgan fingerprint density at radius 2 is 1.43 bits per heavy atom. The molecule has 0 aliphatic heterocycles. The van der Waals surface area contributed by atoms with Gasteiger partial charge < -0.3 is 0 Å². The van der Waals surface area contributed by atoms with Gasteiger partial charge in [0.05, 0.1) is 0 Å². The fourth-order valence-corrected chi connectivity index (χ4v) is 0.672. The van der Waals surface area contributed by atoms with Crippen LogP contribution in [0.15, 0.2) is 0 Å².